The van der Waals surface area contributed by atoms with Gasteiger partial charge >= 0.3 is 0 Å². The van der Waals surface area contributed by atoms with Crippen molar-refractivity contribution in [2.24, 2.45) is 5.92 Å². The number of ether oxygens (including phenoxy) is 1. The van der Waals surface area contributed by atoms with E-state index in [0.29, 0.717) is 30.4 Å². The van der Waals surface area contributed by atoms with E-state index < -0.39 is 0 Å². The molecule has 0 unspecified atom stereocenters. The summed E-state index contributed by atoms with van der Waals surface area (Å²) in [7, 11) is 0. The van der Waals surface area contributed by atoms with Gasteiger partial charge in [-0.2, -0.15) is 0 Å². The Kier molecular flexibility index (Phi) is 5.94. The van der Waals surface area contributed by atoms with Gasteiger partial charge in [0, 0.05) is 0 Å². The predicted octanol–water partition coefficient (Wildman–Crippen LogP) is 2.57. The zero-order valence-electron chi connectivity index (χ0n) is 10.8. The Morgan fingerprint density at radius 2 is 2.17 bits per heavy atom. The zero-order chi connectivity index (χ0) is 13.4. The molecule has 0 heterocycles. The van der Waals surface area contributed by atoms with E-state index in [1.807, 2.05) is 19.9 Å². The maximum Gasteiger partial charge on any atom is 0.278 e. The number of hydrogen-bond acceptors (Lipinski definition) is 3. The third-order valence-corrected chi connectivity index (χ3v) is 2.07. The van der Waals surface area contributed by atoms with Gasteiger partial charge in [-0.1, -0.05) is 38.6 Å². The summed E-state index contributed by atoms with van der Waals surface area (Å²) in [6.07, 6.45) is 1.63. The summed E-state index contributed by atoms with van der Waals surface area (Å²) in [4.78, 5) is 17.0. The van der Waals surface area contributed by atoms with E-state index in [4.69, 9.17) is 9.57 Å². The SMILES string of the molecule is C=CCOc1ccccc1C(=O)NOCC(C)C. The first kappa shape index (κ1) is 14.3. The van der Waals surface area contributed by atoms with Crippen molar-refractivity contribution in [3.63, 3.8) is 0 Å². The van der Waals surface area contributed by atoms with Gasteiger partial charge in [0.1, 0.15) is 12.4 Å². The van der Waals surface area contributed by atoms with Gasteiger partial charge in [-0.15, -0.1) is 0 Å². The average Bonchev–Trinajstić information content (AvgIpc) is 2.36. The lowest BCUT2D eigenvalue weighted by Crippen LogP contribution is -2.26. The Balaban J connectivity index is 2.63. The fraction of sp³-hybridized carbons (Fsp3) is 0.357. The summed E-state index contributed by atoms with van der Waals surface area (Å²) in [5, 5.41) is 0. The maximum absolute atomic E-state index is 11.9. The number of para-hydroxylation sites is 1. The molecule has 0 atom stereocenters. The molecule has 0 radical (unpaired) electrons. The van der Waals surface area contributed by atoms with E-state index in [-0.39, 0.29) is 5.91 Å². The van der Waals surface area contributed by atoms with Crippen molar-refractivity contribution in [1.82, 2.24) is 5.48 Å². The van der Waals surface area contributed by atoms with Gasteiger partial charge in [0.2, 0.25) is 0 Å². The molecule has 18 heavy (non-hydrogen) atoms. The van der Waals surface area contributed by atoms with Gasteiger partial charge in [-0.3, -0.25) is 9.63 Å². The Labute approximate surface area is 108 Å². The van der Waals surface area contributed by atoms with Crippen LogP contribution in [-0.4, -0.2) is 19.1 Å². The molecule has 4 heteroatoms. The normalized spacial score (nSPS) is 10.2. The quantitative estimate of drug-likeness (QED) is 0.597. The van der Waals surface area contributed by atoms with E-state index in [0.717, 1.165) is 0 Å². The first-order valence-electron chi connectivity index (χ1n) is 5.90. The first-order valence-corrected chi connectivity index (χ1v) is 5.90. The molecule has 1 amide bonds. The van der Waals surface area contributed by atoms with Gasteiger partial charge < -0.3 is 4.74 Å². The molecule has 0 spiro atoms. The Morgan fingerprint density at radius 1 is 1.44 bits per heavy atom. The van der Waals surface area contributed by atoms with Crippen LogP contribution < -0.4 is 10.2 Å². The highest BCUT2D eigenvalue weighted by Gasteiger charge is 2.11. The molecule has 0 aliphatic rings. The van der Waals surface area contributed by atoms with Crippen molar-refractivity contribution in [1.29, 1.82) is 0 Å². The van der Waals surface area contributed by atoms with Crippen LogP contribution in [0.25, 0.3) is 0 Å². The monoisotopic (exact) mass is 249 g/mol. The van der Waals surface area contributed by atoms with Crippen molar-refractivity contribution in [3.8, 4) is 5.75 Å². The lowest BCUT2D eigenvalue weighted by Gasteiger charge is -2.11. The molecule has 98 valence electrons. The first-order chi connectivity index (χ1) is 8.65. The van der Waals surface area contributed by atoms with E-state index in [1.54, 1.807) is 24.3 Å². The number of nitrogens with one attached hydrogen (secondary N) is 1. The lowest BCUT2D eigenvalue weighted by atomic mass is 10.2. The summed E-state index contributed by atoms with van der Waals surface area (Å²) in [5.41, 5.74) is 2.85. The zero-order valence-corrected chi connectivity index (χ0v) is 10.8. The fourth-order valence-corrected chi connectivity index (χ4v) is 1.26. The van der Waals surface area contributed by atoms with Crippen molar-refractivity contribution in [2.45, 2.75) is 13.8 Å². The van der Waals surface area contributed by atoms with Crippen LogP contribution in [0.5, 0.6) is 5.75 Å². The van der Waals surface area contributed by atoms with E-state index in [2.05, 4.69) is 12.1 Å². The highest BCUT2D eigenvalue weighted by Crippen LogP contribution is 2.17. The summed E-state index contributed by atoms with van der Waals surface area (Å²) >= 11 is 0. The van der Waals surface area contributed by atoms with E-state index in [1.165, 1.54) is 0 Å². The highest BCUT2D eigenvalue weighted by molar-refractivity contribution is 5.96. The standard InChI is InChI=1S/C14H19NO3/c1-4-9-17-13-8-6-5-7-12(13)14(16)15-18-10-11(2)3/h4-8,11H,1,9-10H2,2-3H3,(H,15,16). The second-order valence-electron chi connectivity index (χ2n) is 4.23. The molecular formula is C14H19NO3. The molecule has 0 saturated heterocycles. The summed E-state index contributed by atoms with van der Waals surface area (Å²) in [6.45, 7) is 8.42. The van der Waals surface area contributed by atoms with E-state index >= 15 is 0 Å². The van der Waals surface area contributed by atoms with Gasteiger partial charge in [0.15, 0.2) is 0 Å². The van der Waals surface area contributed by atoms with Crippen LogP contribution in [0.3, 0.4) is 0 Å². The highest BCUT2D eigenvalue weighted by atomic mass is 16.7. The molecule has 1 aromatic rings. The van der Waals surface area contributed by atoms with Crippen molar-refractivity contribution in [3.05, 3.63) is 42.5 Å². The third-order valence-electron chi connectivity index (χ3n) is 2.07. The van der Waals surface area contributed by atoms with Crippen LogP contribution in [-0.2, 0) is 4.84 Å². The van der Waals surface area contributed by atoms with Crippen LogP contribution in [0.15, 0.2) is 36.9 Å². The molecule has 1 N–H and O–H groups in total. The lowest BCUT2D eigenvalue weighted by molar-refractivity contribution is 0.0206. The molecule has 0 aliphatic heterocycles. The fourth-order valence-electron chi connectivity index (χ4n) is 1.26. The summed E-state index contributed by atoms with van der Waals surface area (Å²) in [6, 6.07) is 7.01. The smallest absolute Gasteiger partial charge is 0.278 e. The minimum Gasteiger partial charge on any atom is -0.489 e. The second-order valence-corrected chi connectivity index (χ2v) is 4.23. The van der Waals surface area contributed by atoms with Crippen LogP contribution in [0, 0.1) is 5.92 Å². The molecular weight excluding hydrogens is 230 g/mol. The molecule has 0 aromatic heterocycles. The number of hydroxylamine groups is 1. The minimum atomic E-state index is -0.310. The van der Waals surface area contributed by atoms with Crippen LogP contribution in [0.2, 0.25) is 0 Å². The summed E-state index contributed by atoms with van der Waals surface area (Å²) in [5.74, 6) is 0.566. The number of hydrogen-bond donors (Lipinski definition) is 1. The average molecular weight is 249 g/mol. The van der Waals surface area contributed by atoms with Crippen molar-refractivity contribution >= 4 is 5.91 Å². The van der Waals surface area contributed by atoms with E-state index in [9.17, 15) is 4.79 Å². The molecule has 0 aliphatic carbocycles. The molecule has 0 saturated carbocycles. The van der Waals surface area contributed by atoms with Gasteiger partial charge in [-0.25, -0.2) is 5.48 Å². The Morgan fingerprint density at radius 3 is 2.83 bits per heavy atom. The largest absolute Gasteiger partial charge is 0.489 e. The third kappa shape index (κ3) is 4.59. The molecule has 1 aromatic carbocycles. The summed E-state index contributed by atoms with van der Waals surface area (Å²) < 4.78 is 5.40. The van der Waals surface area contributed by atoms with Crippen LogP contribution in [0.1, 0.15) is 24.2 Å². The maximum atomic E-state index is 11.9. The number of rotatable bonds is 7. The second kappa shape index (κ2) is 7.50. The number of benzene rings is 1. The molecule has 0 bridgehead atoms. The van der Waals surface area contributed by atoms with Crippen molar-refractivity contribution in [2.75, 3.05) is 13.2 Å². The predicted molar refractivity (Wildman–Crippen MR) is 70.4 cm³/mol. The number of carbonyl (C=O) groups is 1. The minimum absolute atomic E-state index is 0.310. The molecule has 1 rings (SSSR count). The van der Waals surface area contributed by atoms with Gasteiger partial charge in [-0.05, 0) is 18.1 Å². The van der Waals surface area contributed by atoms with Crippen LogP contribution >= 0.6 is 0 Å². The molecule has 4 nitrogen and oxygen atoms in total. The van der Waals surface area contributed by atoms with Gasteiger partial charge in [0.25, 0.3) is 5.91 Å². The Hall–Kier alpha value is -1.81. The van der Waals surface area contributed by atoms with Crippen molar-refractivity contribution < 1.29 is 14.4 Å². The number of carbonyl (C=O) groups excluding carboxylic acids is 1. The topological polar surface area (TPSA) is 47.6 Å². The number of amides is 1. The molecule has 0 fully saturated rings. The van der Waals surface area contributed by atoms with Gasteiger partial charge in [0.05, 0.1) is 12.2 Å². The van der Waals surface area contributed by atoms with Crippen LogP contribution in [0.4, 0.5) is 0 Å². The Bertz CT molecular complexity index is 402.